The van der Waals surface area contributed by atoms with Gasteiger partial charge in [-0.3, -0.25) is 4.99 Å². The number of hydrogen-bond acceptors (Lipinski definition) is 5. The minimum atomic E-state index is -4.49. The fourth-order valence-corrected chi connectivity index (χ4v) is 2.46. The van der Waals surface area contributed by atoms with E-state index in [0.717, 1.165) is 17.8 Å². The van der Waals surface area contributed by atoms with E-state index in [-0.39, 0.29) is 11.9 Å². The van der Waals surface area contributed by atoms with Gasteiger partial charge in [-0.15, -0.1) is 0 Å². The highest BCUT2D eigenvalue weighted by Crippen LogP contribution is 2.27. The van der Waals surface area contributed by atoms with E-state index in [2.05, 4.69) is 37.8 Å². The Hall–Kier alpha value is -2.88. The highest BCUT2D eigenvalue weighted by Gasteiger charge is 2.32. The van der Waals surface area contributed by atoms with Gasteiger partial charge < -0.3 is 20.7 Å². The highest BCUT2D eigenvalue weighted by molar-refractivity contribution is 5.79. The molecule has 2 rings (SSSR count). The number of nitrogens with zero attached hydrogens (tertiary/aromatic N) is 3. The van der Waals surface area contributed by atoms with Crippen molar-refractivity contribution in [3.8, 4) is 0 Å². The maximum atomic E-state index is 12.7. The van der Waals surface area contributed by atoms with Gasteiger partial charge in [-0.1, -0.05) is 37.3 Å². The second kappa shape index (κ2) is 12.0. The number of aromatic nitrogens is 2. The standard InChI is InChI=1S/C20H27F3N6O/c1-15(13-30-14-16-6-4-3-5-7-16)12-28-18(24-2)26-10-11-27-19-25-9-8-17(29-19)20(21,22)23/h3-9,15H,10-14H2,1-2H3,(H2,24,26,28)(H,25,27,29). The normalized spacial score (nSPS) is 13.0. The van der Waals surface area contributed by atoms with Crippen LogP contribution in [0.5, 0.6) is 0 Å². The van der Waals surface area contributed by atoms with E-state index in [9.17, 15) is 13.2 Å². The molecule has 0 saturated carbocycles. The molecular formula is C20H27F3N6O. The fraction of sp³-hybridized carbons (Fsp3) is 0.450. The van der Waals surface area contributed by atoms with Gasteiger partial charge in [0.1, 0.15) is 5.69 Å². The van der Waals surface area contributed by atoms with Crippen LogP contribution < -0.4 is 16.0 Å². The molecule has 0 amide bonds. The van der Waals surface area contributed by atoms with Crippen LogP contribution in [-0.2, 0) is 17.5 Å². The molecule has 1 aromatic heterocycles. The molecule has 0 aliphatic rings. The summed E-state index contributed by atoms with van der Waals surface area (Å²) in [5.41, 5.74) is 0.154. The number of alkyl halides is 3. The third-order valence-electron chi connectivity index (χ3n) is 4.00. The van der Waals surface area contributed by atoms with Gasteiger partial charge in [0.25, 0.3) is 0 Å². The van der Waals surface area contributed by atoms with Crippen LogP contribution in [0.4, 0.5) is 19.1 Å². The Bertz CT molecular complexity index is 786. The molecule has 164 valence electrons. The first-order valence-electron chi connectivity index (χ1n) is 9.58. The molecule has 10 heteroatoms. The largest absolute Gasteiger partial charge is 0.433 e. The molecule has 0 fully saturated rings. The van der Waals surface area contributed by atoms with Crippen molar-refractivity contribution in [1.29, 1.82) is 0 Å². The van der Waals surface area contributed by atoms with Crippen LogP contribution in [0, 0.1) is 5.92 Å². The van der Waals surface area contributed by atoms with Gasteiger partial charge in [-0.05, 0) is 17.5 Å². The predicted octanol–water partition coefficient (Wildman–Crippen LogP) is 2.93. The van der Waals surface area contributed by atoms with Crippen LogP contribution in [0.2, 0.25) is 0 Å². The summed E-state index contributed by atoms with van der Waals surface area (Å²) in [5, 5.41) is 9.03. The second-order valence-electron chi connectivity index (χ2n) is 6.68. The van der Waals surface area contributed by atoms with Crippen molar-refractivity contribution in [2.24, 2.45) is 10.9 Å². The van der Waals surface area contributed by atoms with Crippen LogP contribution in [0.1, 0.15) is 18.2 Å². The first-order valence-corrected chi connectivity index (χ1v) is 9.58. The Labute approximate surface area is 174 Å². The van der Waals surface area contributed by atoms with Gasteiger partial charge in [-0.2, -0.15) is 13.2 Å². The van der Waals surface area contributed by atoms with E-state index in [4.69, 9.17) is 4.74 Å². The SMILES string of the molecule is CN=C(NCCNc1nccc(C(F)(F)F)n1)NCC(C)COCc1ccccc1. The number of hydrogen-bond donors (Lipinski definition) is 3. The molecule has 3 N–H and O–H groups in total. The van der Waals surface area contributed by atoms with E-state index in [1.165, 1.54) is 0 Å². The summed E-state index contributed by atoms with van der Waals surface area (Å²) in [6.07, 6.45) is -3.42. The number of anilines is 1. The number of benzene rings is 1. The van der Waals surface area contributed by atoms with Crippen LogP contribution in [0.25, 0.3) is 0 Å². The molecule has 1 unspecified atom stereocenters. The van der Waals surface area contributed by atoms with Crippen molar-refractivity contribution in [3.05, 3.63) is 53.9 Å². The Morgan fingerprint density at radius 2 is 1.90 bits per heavy atom. The van der Waals surface area contributed by atoms with Crippen LogP contribution in [0.15, 0.2) is 47.6 Å². The second-order valence-corrected chi connectivity index (χ2v) is 6.68. The van der Waals surface area contributed by atoms with Gasteiger partial charge in [0.15, 0.2) is 5.96 Å². The lowest BCUT2D eigenvalue weighted by molar-refractivity contribution is -0.141. The predicted molar refractivity (Wildman–Crippen MR) is 110 cm³/mol. The average molecular weight is 424 g/mol. The summed E-state index contributed by atoms with van der Waals surface area (Å²) in [5.74, 6) is 0.791. The molecule has 0 saturated heterocycles. The van der Waals surface area contributed by atoms with Crippen molar-refractivity contribution in [2.45, 2.75) is 19.7 Å². The van der Waals surface area contributed by atoms with Gasteiger partial charge in [0.2, 0.25) is 5.95 Å². The molecule has 0 bridgehead atoms. The maximum Gasteiger partial charge on any atom is 0.433 e. The number of halogens is 3. The van der Waals surface area contributed by atoms with E-state index in [1.807, 2.05) is 30.3 Å². The number of aliphatic imine (C=N–C) groups is 1. The van der Waals surface area contributed by atoms with Crippen molar-refractivity contribution in [2.75, 3.05) is 38.6 Å². The number of nitrogens with one attached hydrogen (secondary N) is 3. The van der Waals surface area contributed by atoms with Crippen molar-refractivity contribution < 1.29 is 17.9 Å². The zero-order valence-electron chi connectivity index (χ0n) is 17.0. The molecule has 0 aliphatic heterocycles. The first-order chi connectivity index (χ1) is 14.4. The van der Waals surface area contributed by atoms with Crippen LogP contribution >= 0.6 is 0 Å². The smallest absolute Gasteiger partial charge is 0.376 e. The van der Waals surface area contributed by atoms with Crippen molar-refractivity contribution >= 4 is 11.9 Å². The van der Waals surface area contributed by atoms with Gasteiger partial charge in [-0.25, -0.2) is 9.97 Å². The van der Waals surface area contributed by atoms with Crippen molar-refractivity contribution in [1.82, 2.24) is 20.6 Å². The molecule has 0 radical (unpaired) electrons. The summed E-state index contributed by atoms with van der Waals surface area (Å²) in [7, 11) is 1.65. The van der Waals surface area contributed by atoms with E-state index in [1.54, 1.807) is 7.05 Å². The molecule has 0 spiro atoms. The Morgan fingerprint density at radius 3 is 2.60 bits per heavy atom. The average Bonchev–Trinajstić information content (AvgIpc) is 2.73. The van der Waals surface area contributed by atoms with Gasteiger partial charge >= 0.3 is 6.18 Å². The summed E-state index contributed by atoms with van der Waals surface area (Å²) < 4.78 is 43.7. The minimum Gasteiger partial charge on any atom is -0.376 e. The molecule has 7 nitrogen and oxygen atoms in total. The Kier molecular flexibility index (Phi) is 9.33. The zero-order chi connectivity index (χ0) is 21.8. The van der Waals surface area contributed by atoms with E-state index < -0.39 is 11.9 Å². The summed E-state index contributed by atoms with van der Waals surface area (Å²) in [6.45, 7) is 4.67. The van der Waals surface area contributed by atoms with Gasteiger partial charge in [0, 0.05) is 32.9 Å². The van der Waals surface area contributed by atoms with Crippen LogP contribution in [0.3, 0.4) is 0 Å². The molecule has 1 atom stereocenters. The monoisotopic (exact) mass is 424 g/mol. The molecular weight excluding hydrogens is 397 g/mol. The quantitative estimate of drug-likeness (QED) is 0.309. The molecule has 1 aromatic carbocycles. The minimum absolute atomic E-state index is 0.0706. The van der Waals surface area contributed by atoms with Crippen LogP contribution in [-0.4, -0.2) is 49.2 Å². The Balaban J connectivity index is 1.62. The summed E-state index contributed by atoms with van der Waals surface area (Å²) >= 11 is 0. The lowest BCUT2D eigenvalue weighted by Gasteiger charge is -2.16. The number of rotatable bonds is 10. The molecule has 0 aliphatic carbocycles. The van der Waals surface area contributed by atoms with E-state index >= 15 is 0 Å². The lowest BCUT2D eigenvalue weighted by Crippen LogP contribution is -2.41. The lowest BCUT2D eigenvalue weighted by atomic mass is 10.2. The zero-order valence-corrected chi connectivity index (χ0v) is 17.0. The molecule has 2 aromatic rings. The topological polar surface area (TPSA) is 83.5 Å². The molecule has 30 heavy (non-hydrogen) atoms. The Morgan fingerprint density at radius 1 is 1.13 bits per heavy atom. The summed E-state index contributed by atoms with van der Waals surface area (Å²) in [6, 6.07) is 10.8. The van der Waals surface area contributed by atoms with Crippen molar-refractivity contribution in [3.63, 3.8) is 0 Å². The molecule has 1 heterocycles. The van der Waals surface area contributed by atoms with E-state index in [0.29, 0.717) is 38.8 Å². The number of guanidine groups is 1. The first kappa shape index (κ1) is 23.4. The maximum absolute atomic E-state index is 12.7. The third-order valence-corrected chi connectivity index (χ3v) is 4.00. The summed E-state index contributed by atoms with van der Waals surface area (Å²) in [4.78, 5) is 11.4. The fourth-order valence-electron chi connectivity index (χ4n) is 2.46. The number of ether oxygens (including phenoxy) is 1. The third kappa shape index (κ3) is 8.64. The van der Waals surface area contributed by atoms with Gasteiger partial charge in [0.05, 0.1) is 13.2 Å². The highest BCUT2D eigenvalue weighted by atomic mass is 19.4.